The molecule has 2 heterocycles. The molecule has 30 heavy (non-hydrogen) atoms. The fourth-order valence-corrected chi connectivity index (χ4v) is 4.32. The molecule has 2 N–H and O–H groups in total. The van der Waals surface area contributed by atoms with Gasteiger partial charge in [-0.05, 0) is 58.1 Å². The van der Waals surface area contributed by atoms with Crippen molar-refractivity contribution < 1.29 is 4.74 Å². The van der Waals surface area contributed by atoms with Crippen LogP contribution in [0, 0.1) is 5.92 Å². The van der Waals surface area contributed by atoms with E-state index in [1.165, 1.54) is 38.0 Å². The number of ether oxygens (including phenoxy) is 1. The van der Waals surface area contributed by atoms with Crippen molar-refractivity contribution in [2.75, 3.05) is 51.3 Å². The molecule has 0 radical (unpaired) electrons. The molecular weight excluding hydrogens is 489 g/mol. The Labute approximate surface area is 199 Å². The normalized spacial score (nSPS) is 20.9. The maximum absolute atomic E-state index is 5.37. The summed E-state index contributed by atoms with van der Waals surface area (Å²) in [7, 11) is 1.72. The van der Waals surface area contributed by atoms with Crippen molar-refractivity contribution in [2.24, 2.45) is 10.9 Å². The van der Waals surface area contributed by atoms with Crippen LogP contribution < -0.4 is 20.3 Å². The van der Waals surface area contributed by atoms with Gasteiger partial charge in [0.05, 0.1) is 7.11 Å². The van der Waals surface area contributed by atoms with Crippen LogP contribution in [-0.2, 0) is 0 Å². The molecule has 1 aromatic rings. The van der Waals surface area contributed by atoms with Gasteiger partial charge in [0.2, 0.25) is 0 Å². The number of benzene rings is 1. The van der Waals surface area contributed by atoms with E-state index in [2.05, 4.69) is 59.4 Å². The van der Waals surface area contributed by atoms with Crippen molar-refractivity contribution in [3.63, 3.8) is 0 Å². The van der Waals surface area contributed by atoms with E-state index in [4.69, 9.17) is 9.73 Å². The lowest BCUT2D eigenvalue weighted by Gasteiger charge is -2.35. The van der Waals surface area contributed by atoms with Gasteiger partial charge in [-0.3, -0.25) is 4.99 Å². The van der Waals surface area contributed by atoms with Gasteiger partial charge >= 0.3 is 0 Å². The minimum Gasteiger partial charge on any atom is -0.497 e. The average Bonchev–Trinajstić information content (AvgIpc) is 3.22. The number of piperidine rings is 1. The third kappa shape index (κ3) is 7.18. The summed E-state index contributed by atoms with van der Waals surface area (Å²) in [5, 5.41) is 7.12. The molecule has 0 bridgehead atoms. The highest BCUT2D eigenvalue weighted by molar-refractivity contribution is 14.0. The summed E-state index contributed by atoms with van der Waals surface area (Å²) in [6.45, 7) is 13.0. The van der Waals surface area contributed by atoms with Crippen LogP contribution in [-0.4, -0.2) is 69.3 Å². The molecule has 1 atom stereocenters. The van der Waals surface area contributed by atoms with Crippen LogP contribution in [0.25, 0.3) is 0 Å². The molecule has 1 unspecified atom stereocenters. The second-order valence-electron chi connectivity index (χ2n) is 8.57. The zero-order valence-corrected chi connectivity index (χ0v) is 21.4. The minimum atomic E-state index is 0. The fourth-order valence-electron chi connectivity index (χ4n) is 4.32. The number of hydrogen-bond donors (Lipinski definition) is 2. The number of anilines is 1. The van der Waals surface area contributed by atoms with Gasteiger partial charge in [-0.1, -0.05) is 6.07 Å². The standard InChI is InChI=1S/C23H39N5O.HI/c1-5-24-23(26-20-10-13-27(14-11-20)18(2)3)25-16-19-9-12-28(17-19)21-7-6-8-22(15-21)29-4;/h6-8,15,18-20H,5,9-14,16-17H2,1-4H3,(H2,24,25,26);1H. The van der Waals surface area contributed by atoms with Crippen LogP contribution in [0.15, 0.2) is 29.3 Å². The van der Waals surface area contributed by atoms with Crippen LogP contribution in [0.4, 0.5) is 5.69 Å². The molecule has 2 aliphatic rings. The summed E-state index contributed by atoms with van der Waals surface area (Å²) in [6.07, 6.45) is 3.57. The molecule has 2 aliphatic heterocycles. The molecule has 2 fully saturated rings. The van der Waals surface area contributed by atoms with Gasteiger partial charge in [-0.25, -0.2) is 0 Å². The van der Waals surface area contributed by atoms with Gasteiger partial charge in [0.1, 0.15) is 5.75 Å². The second-order valence-corrected chi connectivity index (χ2v) is 8.57. The van der Waals surface area contributed by atoms with Gasteiger partial charge in [-0.2, -0.15) is 0 Å². The van der Waals surface area contributed by atoms with Crippen LogP contribution in [0.1, 0.15) is 40.0 Å². The molecule has 6 nitrogen and oxygen atoms in total. The summed E-state index contributed by atoms with van der Waals surface area (Å²) < 4.78 is 5.37. The molecule has 0 saturated carbocycles. The summed E-state index contributed by atoms with van der Waals surface area (Å²) in [5.41, 5.74) is 1.25. The lowest BCUT2D eigenvalue weighted by Crippen LogP contribution is -2.50. The predicted molar refractivity (Wildman–Crippen MR) is 138 cm³/mol. The van der Waals surface area contributed by atoms with Crippen molar-refractivity contribution >= 4 is 35.6 Å². The van der Waals surface area contributed by atoms with E-state index in [-0.39, 0.29) is 24.0 Å². The number of nitrogens with zero attached hydrogens (tertiary/aromatic N) is 3. The molecule has 0 amide bonds. The highest BCUT2D eigenvalue weighted by Gasteiger charge is 2.24. The first-order valence-corrected chi connectivity index (χ1v) is 11.3. The first kappa shape index (κ1) is 25.0. The van der Waals surface area contributed by atoms with Gasteiger partial charge in [0.15, 0.2) is 5.96 Å². The molecule has 7 heteroatoms. The number of aliphatic imine (C=N–C) groups is 1. The highest BCUT2D eigenvalue weighted by Crippen LogP contribution is 2.27. The van der Waals surface area contributed by atoms with Gasteiger partial charge in [0.25, 0.3) is 0 Å². The Morgan fingerprint density at radius 1 is 1.20 bits per heavy atom. The summed E-state index contributed by atoms with van der Waals surface area (Å²) >= 11 is 0. The van der Waals surface area contributed by atoms with Crippen molar-refractivity contribution in [2.45, 2.75) is 52.1 Å². The number of methoxy groups -OCH3 is 1. The van der Waals surface area contributed by atoms with Crippen LogP contribution in [0.3, 0.4) is 0 Å². The number of hydrogen-bond acceptors (Lipinski definition) is 4. The largest absolute Gasteiger partial charge is 0.497 e. The van der Waals surface area contributed by atoms with Gasteiger partial charge in [-0.15, -0.1) is 24.0 Å². The minimum absolute atomic E-state index is 0. The van der Waals surface area contributed by atoms with E-state index in [1.807, 2.05) is 6.07 Å². The first-order valence-electron chi connectivity index (χ1n) is 11.3. The number of likely N-dealkylation sites (tertiary alicyclic amines) is 1. The average molecular weight is 530 g/mol. The van der Waals surface area contributed by atoms with Crippen molar-refractivity contribution in [1.82, 2.24) is 15.5 Å². The van der Waals surface area contributed by atoms with E-state index in [0.717, 1.165) is 37.9 Å². The topological polar surface area (TPSA) is 52.1 Å². The van der Waals surface area contributed by atoms with E-state index < -0.39 is 0 Å². The number of rotatable bonds is 7. The molecule has 0 aliphatic carbocycles. The van der Waals surface area contributed by atoms with E-state index in [9.17, 15) is 0 Å². The maximum Gasteiger partial charge on any atom is 0.191 e. The predicted octanol–water partition coefficient (Wildman–Crippen LogP) is 3.57. The first-order chi connectivity index (χ1) is 14.1. The Morgan fingerprint density at radius 2 is 1.97 bits per heavy atom. The van der Waals surface area contributed by atoms with E-state index in [0.29, 0.717) is 18.0 Å². The van der Waals surface area contributed by atoms with E-state index >= 15 is 0 Å². The van der Waals surface area contributed by atoms with Crippen molar-refractivity contribution in [3.05, 3.63) is 24.3 Å². The smallest absolute Gasteiger partial charge is 0.191 e. The van der Waals surface area contributed by atoms with Crippen molar-refractivity contribution in [3.8, 4) is 5.75 Å². The van der Waals surface area contributed by atoms with Crippen molar-refractivity contribution in [1.29, 1.82) is 0 Å². The lowest BCUT2D eigenvalue weighted by atomic mass is 10.0. The zero-order valence-electron chi connectivity index (χ0n) is 19.1. The Hall–Kier alpha value is -1.22. The van der Waals surface area contributed by atoms with Crippen LogP contribution in [0.5, 0.6) is 5.75 Å². The Morgan fingerprint density at radius 3 is 2.63 bits per heavy atom. The molecule has 2 saturated heterocycles. The molecular formula is C23H40IN5O. The third-order valence-corrected chi connectivity index (χ3v) is 6.16. The third-order valence-electron chi connectivity index (χ3n) is 6.16. The molecule has 3 rings (SSSR count). The second kappa shape index (κ2) is 12.6. The lowest BCUT2D eigenvalue weighted by molar-refractivity contribution is 0.167. The molecule has 170 valence electrons. The molecule has 0 aromatic heterocycles. The van der Waals surface area contributed by atoms with Gasteiger partial charge in [0, 0.05) is 63.1 Å². The SMILES string of the molecule is CCNC(=NCC1CCN(c2cccc(OC)c2)C1)NC1CCN(C(C)C)CC1.I. The van der Waals surface area contributed by atoms with Gasteiger partial charge < -0.3 is 25.2 Å². The van der Waals surface area contributed by atoms with Crippen LogP contribution >= 0.6 is 24.0 Å². The quantitative estimate of drug-likeness (QED) is 0.322. The monoisotopic (exact) mass is 529 g/mol. The summed E-state index contributed by atoms with van der Waals surface area (Å²) in [4.78, 5) is 9.95. The number of nitrogens with one attached hydrogen (secondary N) is 2. The summed E-state index contributed by atoms with van der Waals surface area (Å²) in [6, 6.07) is 9.54. The fraction of sp³-hybridized carbons (Fsp3) is 0.696. The Balaban J connectivity index is 0.00000320. The molecule has 1 aromatic carbocycles. The molecule has 0 spiro atoms. The van der Waals surface area contributed by atoms with Crippen LogP contribution in [0.2, 0.25) is 0 Å². The Bertz CT molecular complexity index is 661. The Kier molecular flexibility index (Phi) is 10.5. The summed E-state index contributed by atoms with van der Waals surface area (Å²) in [5.74, 6) is 2.50. The zero-order chi connectivity index (χ0) is 20.6. The number of guanidine groups is 1. The highest BCUT2D eigenvalue weighted by atomic mass is 127. The number of halogens is 1. The van der Waals surface area contributed by atoms with E-state index in [1.54, 1.807) is 7.11 Å². The maximum atomic E-state index is 5.37.